The Morgan fingerprint density at radius 3 is 2.59 bits per heavy atom. The Morgan fingerprint density at radius 2 is 1.97 bits per heavy atom. The molecule has 4 rings (SSSR count). The highest BCUT2D eigenvalue weighted by Crippen LogP contribution is 2.29. The molecule has 1 aliphatic carbocycles. The summed E-state index contributed by atoms with van der Waals surface area (Å²) in [5.41, 5.74) is 1.88. The molecule has 0 bridgehead atoms. The lowest BCUT2D eigenvalue weighted by Crippen LogP contribution is -2.57. The normalized spacial score (nSPS) is 24.6. The molecule has 3 fully saturated rings. The maximum Gasteiger partial charge on any atom is 0.248 e. The SMILES string of the molecule is Cc1cc(C)n(CC(=O)NC[C@@H]2CN(C3CCN(C4CCC4)CC3)C(=O)CO2)n1. The van der Waals surface area contributed by atoms with Crippen LogP contribution in [0.5, 0.6) is 0 Å². The van der Waals surface area contributed by atoms with Gasteiger partial charge >= 0.3 is 0 Å². The number of amides is 2. The topological polar surface area (TPSA) is 79.7 Å². The average Bonchev–Trinajstić information content (AvgIpc) is 2.97. The Hall–Kier alpha value is -1.93. The number of nitrogens with zero attached hydrogens (tertiary/aromatic N) is 4. The van der Waals surface area contributed by atoms with Crippen LogP contribution in [0.1, 0.15) is 43.5 Å². The van der Waals surface area contributed by atoms with E-state index in [1.165, 1.54) is 19.3 Å². The van der Waals surface area contributed by atoms with Crippen molar-refractivity contribution in [2.75, 3.05) is 32.8 Å². The number of hydrogen-bond acceptors (Lipinski definition) is 5. The first-order valence-corrected chi connectivity index (χ1v) is 10.9. The molecule has 1 atom stereocenters. The van der Waals surface area contributed by atoms with Crippen molar-refractivity contribution >= 4 is 11.8 Å². The second-order valence-corrected chi connectivity index (χ2v) is 8.72. The lowest BCUT2D eigenvalue weighted by atomic mass is 9.89. The second kappa shape index (κ2) is 8.83. The standard InChI is InChI=1S/C21H33N5O3/c1-15-10-16(2)26(23-15)13-20(27)22-11-19-12-25(21(28)14-29-19)18-6-8-24(9-7-18)17-4-3-5-17/h10,17-19H,3-9,11-14H2,1-2H3,(H,22,27)/t19-/m1/s1. The Labute approximate surface area is 172 Å². The molecule has 1 N–H and O–H groups in total. The van der Waals surface area contributed by atoms with Crippen LogP contribution in [0.25, 0.3) is 0 Å². The molecule has 3 aliphatic rings. The van der Waals surface area contributed by atoms with E-state index >= 15 is 0 Å². The van der Waals surface area contributed by atoms with Crippen molar-refractivity contribution in [2.24, 2.45) is 0 Å². The molecule has 0 aromatic carbocycles. The van der Waals surface area contributed by atoms with Gasteiger partial charge in [0.15, 0.2) is 0 Å². The van der Waals surface area contributed by atoms with E-state index in [1.54, 1.807) is 4.68 Å². The predicted molar refractivity (Wildman–Crippen MR) is 108 cm³/mol. The van der Waals surface area contributed by atoms with E-state index in [0.717, 1.165) is 43.4 Å². The van der Waals surface area contributed by atoms with E-state index in [1.807, 2.05) is 24.8 Å². The Morgan fingerprint density at radius 1 is 1.21 bits per heavy atom. The van der Waals surface area contributed by atoms with Gasteiger partial charge < -0.3 is 19.9 Å². The van der Waals surface area contributed by atoms with Gasteiger partial charge in [0.25, 0.3) is 0 Å². The van der Waals surface area contributed by atoms with Gasteiger partial charge in [-0.25, -0.2) is 0 Å². The fourth-order valence-corrected chi connectivity index (χ4v) is 4.69. The molecule has 0 radical (unpaired) electrons. The zero-order chi connectivity index (χ0) is 20.4. The number of morpholine rings is 1. The lowest BCUT2D eigenvalue weighted by molar-refractivity contribution is -0.153. The number of hydrogen-bond donors (Lipinski definition) is 1. The molecule has 1 aromatic heterocycles. The third-order valence-electron chi connectivity index (χ3n) is 6.62. The van der Waals surface area contributed by atoms with Crippen LogP contribution in [-0.4, -0.2) is 82.4 Å². The van der Waals surface area contributed by atoms with Crippen molar-refractivity contribution in [3.63, 3.8) is 0 Å². The number of aromatic nitrogens is 2. The lowest BCUT2D eigenvalue weighted by Gasteiger charge is -2.45. The van der Waals surface area contributed by atoms with Gasteiger partial charge in [-0.05, 0) is 45.6 Å². The molecule has 2 amide bonds. The van der Waals surface area contributed by atoms with Crippen LogP contribution >= 0.6 is 0 Å². The van der Waals surface area contributed by atoms with Crippen molar-refractivity contribution in [1.29, 1.82) is 0 Å². The molecule has 1 saturated carbocycles. The molecule has 3 heterocycles. The van der Waals surface area contributed by atoms with Gasteiger partial charge in [0.2, 0.25) is 11.8 Å². The van der Waals surface area contributed by atoms with Gasteiger partial charge in [-0.15, -0.1) is 0 Å². The molecule has 8 nitrogen and oxygen atoms in total. The van der Waals surface area contributed by atoms with E-state index in [-0.39, 0.29) is 31.1 Å². The average molecular weight is 404 g/mol. The quantitative estimate of drug-likeness (QED) is 0.762. The largest absolute Gasteiger partial charge is 0.365 e. The first-order valence-electron chi connectivity index (χ1n) is 10.9. The molecular formula is C21H33N5O3. The molecule has 8 heteroatoms. The van der Waals surface area contributed by atoms with Crippen LogP contribution in [0, 0.1) is 13.8 Å². The molecule has 160 valence electrons. The molecule has 29 heavy (non-hydrogen) atoms. The molecule has 1 aromatic rings. The van der Waals surface area contributed by atoms with E-state index < -0.39 is 0 Å². The maximum absolute atomic E-state index is 12.4. The van der Waals surface area contributed by atoms with E-state index in [9.17, 15) is 9.59 Å². The highest BCUT2D eigenvalue weighted by molar-refractivity contribution is 5.78. The zero-order valence-electron chi connectivity index (χ0n) is 17.6. The molecule has 2 saturated heterocycles. The Balaban J connectivity index is 1.24. The third kappa shape index (κ3) is 4.80. The highest BCUT2D eigenvalue weighted by Gasteiger charge is 2.35. The van der Waals surface area contributed by atoms with Crippen LogP contribution in [-0.2, 0) is 20.9 Å². The van der Waals surface area contributed by atoms with Crippen molar-refractivity contribution in [3.8, 4) is 0 Å². The highest BCUT2D eigenvalue weighted by atomic mass is 16.5. The van der Waals surface area contributed by atoms with E-state index in [2.05, 4.69) is 15.3 Å². The van der Waals surface area contributed by atoms with Crippen molar-refractivity contribution < 1.29 is 14.3 Å². The van der Waals surface area contributed by atoms with Crippen LogP contribution in [0.3, 0.4) is 0 Å². The first kappa shape index (κ1) is 20.3. The van der Waals surface area contributed by atoms with Gasteiger partial charge in [-0.2, -0.15) is 5.10 Å². The minimum atomic E-state index is -0.151. The summed E-state index contributed by atoms with van der Waals surface area (Å²) in [4.78, 5) is 29.3. The second-order valence-electron chi connectivity index (χ2n) is 8.72. The summed E-state index contributed by atoms with van der Waals surface area (Å²) >= 11 is 0. The minimum Gasteiger partial charge on any atom is -0.365 e. The van der Waals surface area contributed by atoms with Gasteiger partial charge in [0.05, 0.1) is 11.8 Å². The zero-order valence-corrected chi connectivity index (χ0v) is 17.6. The summed E-state index contributed by atoms with van der Waals surface area (Å²) in [7, 11) is 0. The molecular weight excluding hydrogens is 370 g/mol. The number of rotatable bonds is 6. The van der Waals surface area contributed by atoms with Gasteiger partial charge in [-0.1, -0.05) is 6.42 Å². The summed E-state index contributed by atoms with van der Waals surface area (Å²) in [5.74, 6) is -0.00521. The fraction of sp³-hybridized carbons (Fsp3) is 0.762. The van der Waals surface area contributed by atoms with Crippen LogP contribution in [0.15, 0.2) is 6.07 Å². The predicted octanol–water partition coefficient (Wildman–Crippen LogP) is 0.860. The number of nitrogens with one attached hydrogen (secondary N) is 1. The summed E-state index contributed by atoms with van der Waals surface area (Å²) < 4.78 is 7.39. The molecule has 0 spiro atoms. The van der Waals surface area contributed by atoms with Gasteiger partial charge in [0.1, 0.15) is 13.2 Å². The minimum absolute atomic E-state index is 0.0808. The van der Waals surface area contributed by atoms with E-state index in [0.29, 0.717) is 19.1 Å². The van der Waals surface area contributed by atoms with Crippen LogP contribution in [0.2, 0.25) is 0 Å². The number of ether oxygens (including phenoxy) is 1. The first-order chi connectivity index (χ1) is 14.0. The Bertz CT molecular complexity index is 737. The van der Waals surface area contributed by atoms with Crippen LogP contribution in [0.4, 0.5) is 0 Å². The van der Waals surface area contributed by atoms with Gasteiger partial charge in [0, 0.05) is 44.0 Å². The molecule has 2 aliphatic heterocycles. The van der Waals surface area contributed by atoms with Gasteiger partial charge in [-0.3, -0.25) is 14.3 Å². The number of piperidine rings is 1. The van der Waals surface area contributed by atoms with E-state index in [4.69, 9.17) is 4.74 Å². The number of carbonyl (C=O) groups excluding carboxylic acids is 2. The summed E-state index contributed by atoms with van der Waals surface area (Å²) in [6, 6.07) is 3.04. The summed E-state index contributed by atoms with van der Waals surface area (Å²) in [6.45, 7) is 7.33. The third-order valence-corrected chi connectivity index (χ3v) is 6.62. The van der Waals surface area contributed by atoms with Crippen molar-refractivity contribution in [3.05, 3.63) is 17.5 Å². The number of aryl methyl sites for hydroxylation is 2. The smallest absolute Gasteiger partial charge is 0.248 e. The summed E-state index contributed by atoms with van der Waals surface area (Å²) in [5, 5.41) is 7.27. The van der Waals surface area contributed by atoms with Crippen molar-refractivity contribution in [2.45, 2.75) is 70.7 Å². The van der Waals surface area contributed by atoms with Crippen LogP contribution < -0.4 is 5.32 Å². The number of likely N-dealkylation sites (tertiary alicyclic amines) is 1. The van der Waals surface area contributed by atoms with Crippen molar-refractivity contribution in [1.82, 2.24) is 24.9 Å². The molecule has 0 unspecified atom stereocenters. The fourth-order valence-electron chi connectivity index (χ4n) is 4.69. The monoisotopic (exact) mass is 403 g/mol. The summed E-state index contributed by atoms with van der Waals surface area (Å²) in [6.07, 6.45) is 5.96. The maximum atomic E-state index is 12.4. The Kier molecular flexibility index (Phi) is 6.20. The number of carbonyl (C=O) groups is 2.